The first kappa shape index (κ1) is 19.4. The number of unbranched alkanes of at least 4 members (excludes halogenated alkanes) is 3. The first-order chi connectivity index (χ1) is 11.5. The zero-order valence-corrected chi connectivity index (χ0v) is 16.5. The zero-order chi connectivity index (χ0) is 17.6. The SMILES string of the molecule is CCCCCCC1(C)OCc2cc([Si](OC)(OC)OC)ccc2O1. The fraction of sp³-hybridized carbons (Fsp3) is 0.667. The lowest BCUT2D eigenvalue weighted by atomic mass is 10.1. The van der Waals surface area contributed by atoms with Gasteiger partial charge in [-0.15, -0.1) is 0 Å². The summed E-state index contributed by atoms with van der Waals surface area (Å²) >= 11 is 0. The van der Waals surface area contributed by atoms with Gasteiger partial charge >= 0.3 is 8.80 Å². The third-order valence-electron chi connectivity index (χ3n) is 4.56. The smallest absolute Gasteiger partial charge is 0.462 e. The normalized spacial score (nSPS) is 20.5. The van der Waals surface area contributed by atoms with Crippen LogP contribution in [0.5, 0.6) is 5.75 Å². The summed E-state index contributed by atoms with van der Waals surface area (Å²) < 4.78 is 28.8. The second-order valence-corrected chi connectivity index (χ2v) is 9.24. The maximum atomic E-state index is 6.14. The lowest BCUT2D eigenvalue weighted by Crippen LogP contribution is -2.55. The summed E-state index contributed by atoms with van der Waals surface area (Å²) in [5.74, 6) is 0.329. The molecule has 5 nitrogen and oxygen atoms in total. The van der Waals surface area contributed by atoms with Crippen LogP contribution in [0.4, 0.5) is 0 Å². The standard InChI is InChI=1S/C18H30O5Si/c1-6-7-8-9-12-18(2)22-14-15-13-16(10-11-17(15)23-18)24(19-3,20-4)21-5/h10-11,13H,6-9,12,14H2,1-5H3. The fourth-order valence-corrected chi connectivity index (χ4v) is 4.92. The Morgan fingerprint density at radius 1 is 1.08 bits per heavy atom. The molecule has 0 saturated carbocycles. The largest absolute Gasteiger partial charge is 0.536 e. The van der Waals surface area contributed by atoms with Crippen LogP contribution in [-0.4, -0.2) is 35.9 Å². The average molecular weight is 355 g/mol. The van der Waals surface area contributed by atoms with Gasteiger partial charge in [0.2, 0.25) is 5.79 Å². The Balaban J connectivity index is 2.11. The topological polar surface area (TPSA) is 46.2 Å². The molecule has 6 heteroatoms. The summed E-state index contributed by atoms with van der Waals surface area (Å²) in [6.45, 7) is 4.76. The number of hydrogen-bond acceptors (Lipinski definition) is 5. The van der Waals surface area contributed by atoms with Gasteiger partial charge < -0.3 is 22.8 Å². The van der Waals surface area contributed by atoms with Crippen LogP contribution >= 0.6 is 0 Å². The highest BCUT2D eigenvalue weighted by molar-refractivity contribution is 6.75. The van der Waals surface area contributed by atoms with E-state index in [2.05, 4.69) is 6.92 Å². The van der Waals surface area contributed by atoms with Gasteiger partial charge in [0.1, 0.15) is 5.75 Å². The zero-order valence-electron chi connectivity index (χ0n) is 15.5. The molecule has 1 unspecified atom stereocenters. The number of hydrogen-bond donors (Lipinski definition) is 0. The van der Waals surface area contributed by atoms with Crippen LogP contribution < -0.4 is 9.92 Å². The minimum atomic E-state index is -2.83. The van der Waals surface area contributed by atoms with E-state index in [0.717, 1.165) is 29.3 Å². The molecule has 1 aromatic carbocycles. The molecule has 0 radical (unpaired) electrons. The lowest BCUT2D eigenvalue weighted by Gasteiger charge is -2.36. The molecule has 1 aliphatic heterocycles. The molecule has 1 aliphatic rings. The van der Waals surface area contributed by atoms with Crippen LogP contribution in [0.1, 0.15) is 51.5 Å². The van der Waals surface area contributed by atoms with Gasteiger partial charge in [-0.3, -0.25) is 0 Å². The number of benzene rings is 1. The Morgan fingerprint density at radius 3 is 2.42 bits per heavy atom. The van der Waals surface area contributed by atoms with Crippen LogP contribution in [0.25, 0.3) is 0 Å². The minimum Gasteiger partial charge on any atom is -0.462 e. The van der Waals surface area contributed by atoms with Crippen molar-refractivity contribution in [1.82, 2.24) is 0 Å². The number of ether oxygens (including phenoxy) is 2. The van der Waals surface area contributed by atoms with Gasteiger partial charge in [0, 0.05) is 45.4 Å². The van der Waals surface area contributed by atoms with E-state index >= 15 is 0 Å². The number of rotatable bonds is 9. The van der Waals surface area contributed by atoms with Gasteiger partial charge in [-0.1, -0.05) is 32.3 Å². The average Bonchev–Trinajstić information content (AvgIpc) is 2.61. The molecule has 24 heavy (non-hydrogen) atoms. The molecule has 0 amide bonds. The second kappa shape index (κ2) is 8.45. The van der Waals surface area contributed by atoms with Crippen LogP contribution in [0, 0.1) is 0 Å². The van der Waals surface area contributed by atoms with E-state index in [0.29, 0.717) is 6.61 Å². The summed E-state index contributed by atoms with van der Waals surface area (Å²) in [5, 5.41) is 0.910. The molecule has 136 valence electrons. The fourth-order valence-electron chi connectivity index (χ4n) is 3.07. The third kappa shape index (κ3) is 4.18. The van der Waals surface area contributed by atoms with Crippen molar-refractivity contribution in [2.75, 3.05) is 21.3 Å². The van der Waals surface area contributed by atoms with Crippen LogP contribution in [0.2, 0.25) is 0 Å². The van der Waals surface area contributed by atoms with E-state index in [4.69, 9.17) is 22.8 Å². The first-order valence-corrected chi connectivity index (χ1v) is 10.4. The van der Waals surface area contributed by atoms with Crippen molar-refractivity contribution in [3.05, 3.63) is 23.8 Å². The quantitative estimate of drug-likeness (QED) is 0.503. The van der Waals surface area contributed by atoms with Gasteiger partial charge in [-0.2, -0.15) is 0 Å². The Morgan fingerprint density at radius 2 is 1.79 bits per heavy atom. The Kier molecular flexibility index (Phi) is 6.83. The van der Waals surface area contributed by atoms with E-state index in [9.17, 15) is 0 Å². The number of fused-ring (bicyclic) bond motifs is 1. The van der Waals surface area contributed by atoms with Crippen molar-refractivity contribution in [3.63, 3.8) is 0 Å². The van der Waals surface area contributed by atoms with Crippen LogP contribution in [-0.2, 0) is 24.6 Å². The van der Waals surface area contributed by atoms with Crippen LogP contribution in [0.15, 0.2) is 18.2 Å². The van der Waals surface area contributed by atoms with Crippen molar-refractivity contribution >= 4 is 14.0 Å². The van der Waals surface area contributed by atoms with E-state index in [-0.39, 0.29) is 0 Å². The Hall–Kier alpha value is -0.923. The van der Waals surface area contributed by atoms with E-state index in [1.807, 2.05) is 25.1 Å². The van der Waals surface area contributed by atoms with Crippen LogP contribution in [0.3, 0.4) is 0 Å². The minimum absolute atomic E-state index is 0.523. The first-order valence-electron chi connectivity index (χ1n) is 8.64. The second-order valence-electron chi connectivity index (χ2n) is 6.33. The van der Waals surface area contributed by atoms with Gasteiger partial charge in [0.25, 0.3) is 0 Å². The molecule has 1 aromatic rings. The summed E-state index contributed by atoms with van der Waals surface area (Å²) in [7, 11) is 2.00. The Labute approximate surface area is 146 Å². The van der Waals surface area contributed by atoms with Crippen molar-refractivity contribution in [2.24, 2.45) is 0 Å². The van der Waals surface area contributed by atoms with Crippen molar-refractivity contribution < 1.29 is 22.8 Å². The van der Waals surface area contributed by atoms with Gasteiger partial charge in [0.15, 0.2) is 0 Å². The maximum Gasteiger partial charge on any atom is 0.536 e. The molecular weight excluding hydrogens is 324 g/mol. The summed E-state index contributed by atoms with van der Waals surface area (Å²) in [4.78, 5) is 0. The molecule has 0 N–H and O–H groups in total. The van der Waals surface area contributed by atoms with E-state index < -0.39 is 14.6 Å². The highest BCUT2D eigenvalue weighted by Gasteiger charge is 2.42. The van der Waals surface area contributed by atoms with Gasteiger partial charge in [-0.25, -0.2) is 0 Å². The highest BCUT2D eigenvalue weighted by Crippen LogP contribution is 2.34. The Bertz CT molecular complexity index is 524. The molecular formula is C18H30O5Si. The predicted octanol–water partition coefficient (Wildman–Crippen LogP) is 3.37. The predicted molar refractivity (Wildman–Crippen MR) is 95.4 cm³/mol. The monoisotopic (exact) mass is 354 g/mol. The van der Waals surface area contributed by atoms with E-state index in [1.54, 1.807) is 21.3 Å². The molecule has 0 spiro atoms. The molecule has 1 atom stereocenters. The molecule has 1 heterocycles. The van der Waals surface area contributed by atoms with Crippen molar-refractivity contribution in [3.8, 4) is 5.75 Å². The van der Waals surface area contributed by atoms with Gasteiger partial charge in [-0.05, 0) is 18.6 Å². The molecule has 0 saturated heterocycles. The maximum absolute atomic E-state index is 6.14. The lowest BCUT2D eigenvalue weighted by molar-refractivity contribution is -0.198. The highest BCUT2D eigenvalue weighted by atomic mass is 28.4. The van der Waals surface area contributed by atoms with E-state index in [1.165, 1.54) is 19.3 Å². The van der Waals surface area contributed by atoms with Crippen molar-refractivity contribution in [2.45, 2.75) is 58.3 Å². The molecule has 2 rings (SSSR count). The molecule has 0 aliphatic carbocycles. The summed E-state index contributed by atoms with van der Waals surface area (Å²) in [6.07, 6.45) is 5.72. The molecule has 0 bridgehead atoms. The molecule has 0 aromatic heterocycles. The van der Waals surface area contributed by atoms with Crippen molar-refractivity contribution in [1.29, 1.82) is 0 Å². The summed E-state index contributed by atoms with van der Waals surface area (Å²) in [5.41, 5.74) is 1.00. The van der Waals surface area contributed by atoms with Gasteiger partial charge in [0.05, 0.1) is 6.61 Å². The summed E-state index contributed by atoms with van der Waals surface area (Å²) in [6, 6.07) is 5.94. The third-order valence-corrected chi connectivity index (χ3v) is 7.19. The molecule has 0 fully saturated rings.